The summed E-state index contributed by atoms with van der Waals surface area (Å²) < 4.78 is 0. The van der Waals surface area contributed by atoms with Crippen molar-refractivity contribution in [3.8, 4) is 0 Å². The molecule has 6 heteroatoms. The van der Waals surface area contributed by atoms with Gasteiger partial charge >= 0.3 is 0 Å². The maximum absolute atomic E-state index is 11.2. The number of hydrogen-bond donors (Lipinski definition) is 3. The quantitative estimate of drug-likeness (QED) is 0.614. The van der Waals surface area contributed by atoms with E-state index in [0.29, 0.717) is 6.54 Å². The predicted molar refractivity (Wildman–Crippen MR) is 68.9 cm³/mol. The molecule has 4 N–H and O–H groups in total. The molecular formula is C13H17N3O3. The Bertz CT molecular complexity index is 457. The fraction of sp³-hybridized carbons (Fsp3) is 0.385. The Morgan fingerprint density at radius 3 is 2.32 bits per heavy atom. The summed E-state index contributed by atoms with van der Waals surface area (Å²) >= 11 is 0. The number of nitrogens with one attached hydrogen (secondary N) is 1. The van der Waals surface area contributed by atoms with E-state index in [-0.39, 0.29) is 31.4 Å². The molecule has 1 heterocycles. The van der Waals surface area contributed by atoms with E-state index in [1.165, 1.54) is 0 Å². The fourth-order valence-electron chi connectivity index (χ4n) is 2.05. The van der Waals surface area contributed by atoms with Crippen molar-refractivity contribution in [3.05, 3.63) is 35.4 Å². The lowest BCUT2D eigenvalue weighted by Gasteiger charge is -2.27. The predicted octanol–water partition coefficient (Wildman–Crippen LogP) is -0.863. The lowest BCUT2D eigenvalue weighted by Crippen LogP contribution is -2.52. The van der Waals surface area contributed by atoms with Gasteiger partial charge in [0.1, 0.15) is 0 Å². The molecule has 0 bridgehead atoms. The summed E-state index contributed by atoms with van der Waals surface area (Å²) in [6, 6.07) is 7.32. The SMILES string of the molecule is NCc1ccc(C(O)CN2CC(=O)NC(=O)C2)cc1. The number of hydrogen-bond acceptors (Lipinski definition) is 5. The van der Waals surface area contributed by atoms with Crippen LogP contribution in [0.15, 0.2) is 24.3 Å². The van der Waals surface area contributed by atoms with Gasteiger partial charge in [-0.1, -0.05) is 24.3 Å². The molecule has 19 heavy (non-hydrogen) atoms. The Morgan fingerprint density at radius 2 is 1.79 bits per heavy atom. The van der Waals surface area contributed by atoms with Crippen LogP contribution in [0, 0.1) is 0 Å². The summed E-state index contributed by atoms with van der Waals surface area (Å²) in [6.07, 6.45) is -0.731. The number of piperazine rings is 1. The van der Waals surface area contributed by atoms with E-state index >= 15 is 0 Å². The Kier molecular flexibility index (Phi) is 4.26. The molecule has 2 rings (SSSR count). The van der Waals surface area contributed by atoms with Gasteiger partial charge in [-0.2, -0.15) is 0 Å². The molecule has 0 aromatic heterocycles. The smallest absolute Gasteiger partial charge is 0.240 e. The van der Waals surface area contributed by atoms with Crippen LogP contribution in [0.4, 0.5) is 0 Å². The highest BCUT2D eigenvalue weighted by Gasteiger charge is 2.24. The van der Waals surface area contributed by atoms with Crippen LogP contribution >= 0.6 is 0 Å². The van der Waals surface area contributed by atoms with Crippen LogP contribution < -0.4 is 11.1 Å². The molecule has 0 aliphatic carbocycles. The number of aliphatic hydroxyl groups is 1. The summed E-state index contributed by atoms with van der Waals surface area (Å²) in [5, 5.41) is 12.3. The third kappa shape index (κ3) is 3.60. The van der Waals surface area contributed by atoms with Crippen LogP contribution in [-0.2, 0) is 16.1 Å². The largest absolute Gasteiger partial charge is 0.387 e. The van der Waals surface area contributed by atoms with Gasteiger partial charge in [0.25, 0.3) is 0 Å². The molecule has 1 fully saturated rings. The van der Waals surface area contributed by atoms with Gasteiger partial charge in [0, 0.05) is 13.1 Å². The summed E-state index contributed by atoms with van der Waals surface area (Å²) in [5.41, 5.74) is 7.24. The summed E-state index contributed by atoms with van der Waals surface area (Å²) in [4.78, 5) is 24.1. The highest BCUT2D eigenvalue weighted by atomic mass is 16.3. The van der Waals surface area contributed by atoms with Crippen molar-refractivity contribution in [1.82, 2.24) is 10.2 Å². The zero-order valence-electron chi connectivity index (χ0n) is 10.5. The number of β-amino-alcohol motifs (C(OH)–C–C–N with tert-alkyl or cyclic N) is 1. The number of aliphatic hydroxyl groups excluding tert-OH is 1. The van der Waals surface area contributed by atoms with Gasteiger partial charge in [0.05, 0.1) is 19.2 Å². The van der Waals surface area contributed by atoms with E-state index in [0.717, 1.165) is 11.1 Å². The highest BCUT2D eigenvalue weighted by Crippen LogP contribution is 2.15. The first-order valence-electron chi connectivity index (χ1n) is 6.10. The molecule has 102 valence electrons. The number of benzene rings is 1. The van der Waals surface area contributed by atoms with Crippen LogP contribution in [0.3, 0.4) is 0 Å². The second kappa shape index (κ2) is 5.92. The first kappa shape index (κ1) is 13.7. The fourth-order valence-corrected chi connectivity index (χ4v) is 2.05. The second-order valence-electron chi connectivity index (χ2n) is 4.60. The molecule has 1 atom stereocenters. The molecule has 0 radical (unpaired) electrons. The van der Waals surface area contributed by atoms with Crippen LogP contribution in [0.25, 0.3) is 0 Å². The van der Waals surface area contributed by atoms with E-state index in [1.54, 1.807) is 17.0 Å². The Labute approximate surface area is 111 Å². The van der Waals surface area contributed by atoms with Crippen LogP contribution in [-0.4, -0.2) is 41.5 Å². The number of nitrogens with zero attached hydrogens (tertiary/aromatic N) is 1. The van der Waals surface area contributed by atoms with Crippen LogP contribution in [0.1, 0.15) is 17.2 Å². The van der Waals surface area contributed by atoms with E-state index in [9.17, 15) is 14.7 Å². The van der Waals surface area contributed by atoms with Crippen molar-refractivity contribution in [2.24, 2.45) is 5.73 Å². The molecule has 1 aromatic carbocycles. The van der Waals surface area contributed by atoms with Crippen LogP contribution in [0.5, 0.6) is 0 Å². The highest BCUT2D eigenvalue weighted by molar-refractivity contribution is 5.99. The third-order valence-electron chi connectivity index (χ3n) is 3.04. The minimum atomic E-state index is -0.731. The number of carbonyl (C=O) groups is 2. The van der Waals surface area contributed by atoms with Gasteiger partial charge < -0.3 is 10.8 Å². The zero-order valence-corrected chi connectivity index (χ0v) is 10.5. The molecule has 2 amide bonds. The van der Waals surface area contributed by atoms with Crippen LogP contribution in [0.2, 0.25) is 0 Å². The van der Waals surface area contributed by atoms with E-state index in [4.69, 9.17) is 5.73 Å². The Balaban J connectivity index is 1.97. The van der Waals surface area contributed by atoms with E-state index in [2.05, 4.69) is 5.32 Å². The molecule has 1 aliphatic rings. The first-order valence-corrected chi connectivity index (χ1v) is 6.10. The monoisotopic (exact) mass is 263 g/mol. The molecule has 6 nitrogen and oxygen atoms in total. The normalized spacial score (nSPS) is 18.2. The van der Waals surface area contributed by atoms with E-state index in [1.807, 2.05) is 12.1 Å². The molecule has 1 aromatic rings. The standard InChI is InChI=1S/C13H17N3O3/c14-5-9-1-3-10(4-2-9)11(17)6-16-7-12(18)15-13(19)8-16/h1-4,11,17H,5-8,14H2,(H,15,18,19). The summed E-state index contributed by atoms with van der Waals surface area (Å²) in [5.74, 6) is -0.663. The number of amides is 2. The van der Waals surface area contributed by atoms with Gasteiger partial charge in [0.15, 0.2) is 0 Å². The lowest BCUT2D eigenvalue weighted by molar-refractivity contribution is -0.136. The molecule has 1 saturated heterocycles. The van der Waals surface area contributed by atoms with Crippen molar-refractivity contribution in [2.45, 2.75) is 12.6 Å². The number of rotatable bonds is 4. The Morgan fingerprint density at radius 1 is 1.21 bits per heavy atom. The van der Waals surface area contributed by atoms with E-state index < -0.39 is 6.10 Å². The number of carbonyl (C=O) groups excluding carboxylic acids is 2. The molecule has 0 spiro atoms. The minimum absolute atomic E-state index is 0.129. The maximum Gasteiger partial charge on any atom is 0.240 e. The molecule has 1 aliphatic heterocycles. The zero-order chi connectivity index (χ0) is 13.8. The minimum Gasteiger partial charge on any atom is -0.387 e. The lowest BCUT2D eigenvalue weighted by atomic mass is 10.1. The third-order valence-corrected chi connectivity index (χ3v) is 3.04. The van der Waals surface area contributed by atoms with Crippen molar-refractivity contribution < 1.29 is 14.7 Å². The summed E-state index contributed by atoms with van der Waals surface area (Å²) in [7, 11) is 0. The maximum atomic E-state index is 11.2. The average molecular weight is 263 g/mol. The summed E-state index contributed by atoms with van der Waals surface area (Å²) in [6.45, 7) is 0.964. The van der Waals surface area contributed by atoms with Crippen molar-refractivity contribution in [1.29, 1.82) is 0 Å². The number of nitrogens with two attached hydrogens (primary N) is 1. The second-order valence-corrected chi connectivity index (χ2v) is 4.60. The topological polar surface area (TPSA) is 95.7 Å². The molecular weight excluding hydrogens is 246 g/mol. The molecule has 1 unspecified atom stereocenters. The van der Waals surface area contributed by atoms with Crippen molar-refractivity contribution in [2.75, 3.05) is 19.6 Å². The average Bonchev–Trinajstić information content (AvgIpc) is 2.37. The van der Waals surface area contributed by atoms with Gasteiger partial charge in [-0.3, -0.25) is 19.8 Å². The van der Waals surface area contributed by atoms with Gasteiger partial charge in [0.2, 0.25) is 11.8 Å². The number of imide groups is 1. The van der Waals surface area contributed by atoms with Crippen molar-refractivity contribution in [3.63, 3.8) is 0 Å². The Hall–Kier alpha value is -1.76. The van der Waals surface area contributed by atoms with Gasteiger partial charge in [-0.25, -0.2) is 0 Å². The van der Waals surface area contributed by atoms with Crippen molar-refractivity contribution >= 4 is 11.8 Å². The first-order chi connectivity index (χ1) is 9.08. The van der Waals surface area contributed by atoms with Gasteiger partial charge in [-0.05, 0) is 11.1 Å². The molecule has 0 saturated carbocycles. The van der Waals surface area contributed by atoms with Gasteiger partial charge in [-0.15, -0.1) is 0 Å².